The van der Waals surface area contributed by atoms with Gasteiger partial charge >= 0.3 is 0 Å². The summed E-state index contributed by atoms with van der Waals surface area (Å²) in [5.74, 6) is 0.392. The maximum Gasteiger partial charge on any atom is 0.133 e. The van der Waals surface area contributed by atoms with E-state index in [1.165, 1.54) is 0 Å². The second-order valence-electron chi connectivity index (χ2n) is 3.45. The van der Waals surface area contributed by atoms with Crippen LogP contribution in [0.4, 0.5) is 0 Å². The highest BCUT2D eigenvalue weighted by molar-refractivity contribution is 5.78. The quantitative estimate of drug-likeness (QED) is 0.705. The maximum absolute atomic E-state index is 11.2. The van der Waals surface area contributed by atoms with Crippen LogP contribution >= 0.6 is 0 Å². The van der Waals surface area contributed by atoms with Gasteiger partial charge in [-0.25, -0.2) is 4.98 Å². The minimum absolute atomic E-state index is 0.134. The van der Waals surface area contributed by atoms with Crippen LogP contribution in [-0.2, 0) is 18.3 Å². The van der Waals surface area contributed by atoms with E-state index in [1.807, 2.05) is 24.7 Å². The van der Waals surface area contributed by atoms with Crippen LogP contribution in [0.3, 0.4) is 0 Å². The van der Waals surface area contributed by atoms with E-state index in [0.717, 1.165) is 18.5 Å². The molecule has 0 aliphatic carbocycles. The molecule has 13 heavy (non-hydrogen) atoms. The maximum atomic E-state index is 11.2. The molecule has 0 saturated heterocycles. The Labute approximate surface area is 78.8 Å². The first-order valence-corrected chi connectivity index (χ1v) is 4.60. The third-order valence-corrected chi connectivity index (χ3v) is 2.28. The minimum Gasteiger partial charge on any atom is -0.340 e. The predicted octanol–water partition coefficient (Wildman–Crippen LogP) is 1.58. The van der Waals surface area contributed by atoms with E-state index in [0.29, 0.717) is 0 Å². The van der Waals surface area contributed by atoms with Gasteiger partial charge in [0.2, 0.25) is 0 Å². The number of aromatic nitrogens is 2. The van der Waals surface area contributed by atoms with Gasteiger partial charge < -0.3 is 4.57 Å². The summed E-state index contributed by atoms with van der Waals surface area (Å²) in [5.41, 5.74) is 1.00. The second-order valence-corrected chi connectivity index (χ2v) is 3.45. The van der Waals surface area contributed by atoms with E-state index in [-0.39, 0.29) is 11.7 Å². The van der Waals surface area contributed by atoms with Crippen molar-refractivity contribution in [3.05, 3.63) is 18.2 Å². The molecule has 0 saturated carbocycles. The van der Waals surface area contributed by atoms with Gasteiger partial charge in [0.05, 0.1) is 12.0 Å². The molecule has 3 nitrogen and oxygen atoms in total. The highest BCUT2D eigenvalue weighted by atomic mass is 16.1. The topological polar surface area (TPSA) is 34.9 Å². The summed E-state index contributed by atoms with van der Waals surface area (Å²) in [4.78, 5) is 15.3. The lowest BCUT2D eigenvalue weighted by atomic mass is 9.97. The number of hydrogen-bond donors (Lipinski definition) is 0. The number of ketones is 1. The van der Waals surface area contributed by atoms with Crippen molar-refractivity contribution in [2.75, 3.05) is 0 Å². The summed E-state index contributed by atoms with van der Waals surface area (Å²) in [5, 5.41) is 0. The number of rotatable bonds is 4. The fraction of sp³-hybridized carbons (Fsp3) is 0.600. The average Bonchev–Trinajstić information content (AvgIpc) is 2.46. The van der Waals surface area contributed by atoms with Crippen LogP contribution in [0.1, 0.15) is 26.0 Å². The van der Waals surface area contributed by atoms with Crippen molar-refractivity contribution in [1.29, 1.82) is 0 Å². The fourth-order valence-corrected chi connectivity index (χ4v) is 1.40. The molecule has 0 bridgehead atoms. The van der Waals surface area contributed by atoms with Gasteiger partial charge in [-0.15, -0.1) is 0 Å². The molecule has 1 aromatic rings. The van der Waals surface area contributed by atoms with E-state index >= 15 is 0 Å². The third-order valence-electron chi connectivity index (χ3n) is 2.28. The number of carbonyl (C=O) groups excluding carboxylic acids is 1. The van der Waals surface area contributed by atoms with Crippen molar-refractivity contribution in [1.82, 2.24) is 9.55 Å². The summed E-state index contributed by atoms with van der Waals surface area (Å²) in [7, 11) is 1.94. The SMILES string of the molecule is CC[C@@H](Cc1cn(C)cn1)C(C)=O. The first-order chi connectivity index (χ1) is 6.13. The number of aryl methyl sites for hydroxylation is 1. The Morgan fingerprint density at radius 3 is 2.77 bits per heavy atom. The van der Waals surface area contributed by atoms with Crippen LogP contribution in [-0.4, -0.2) is 15.3 Å². The van der Waals surface area contributed by atoms with Gasteiger partial charge in [0, 0.05) is 25.6 Å². The Morgan fingerprint density at radius 2 is 2.38 bits per heavy atom. The summed E-state index contributed by atoms with van der Waals surface area (Å²) in [6.45, 7) is 3.69. The van der Waals surface area contributed by atoms with Crippen LogP contribution in [0.2, 0.25) is 0 Å². The lowest BCUT2D eigenvalue weighted by Gasteiger charge is -2.07. The Kier molecular flexibility index (Phi) is 3.23. The molecule has 0 N–H and O–H groups in total. The van der Waals surface area contributed by atoms with Crippen molar-refractivity contribution in [3.63, 3.8) is 0 Å². The monoisotopic (exact) mass is 180 g/mol. The predicted molar refractivity (Wildman–Crippen MR) is 51.4 cm³/mol. The molecule has 0 radical (unpaired) electrons. The fourth-order valence-electron chi connectivity index (χ4n) is 1.40. The van der Waals surface area contributed by atoms with Gasteiger partial charge in [-0.1, -0.05) is 6.92 Å². The number of nitrogens with zero attached hydrogens (tertiary/aromatic N) is 2. The molecule has 0 aliphatic rings. The van der Waals surface area contributed by atoms with Gasteiger partial charge in [-0.2, -0.15) is 0 Å². The smallest absolute Gasteiger partial charge is 0.133 e. The number of imidazole rings is 1. The molecule has 1 aromatic heterocycles. The van der Waals surface area contributed by atoms with Gasteiger partial charge in [0.1, 0.15) is 5.78 Å². The first kappa shape index (κ1) is 9.96. The van der Waals surface area contributed by atoms with Gasteiger partial charge in [0.25, 0.3) is 0 Å². The van der Waals surface area contributed by atoms with Crippen LogP contribution in [0, 0.1) is 5.92 Å². The lowest BCUT2D eigenvalue weighted by molar-refractivity contribution is -0.120. The first-order valence-electron chi connectivity index (χ1n) is 4.60. The highest BCUT2D eigenvalue weighted by Crippen LogP contribution is 2.11. The number of carbonyl (C=O) groups is 1. The molecule has 0 spiro atoms. The summed E-state index contributed by atoms with van der Waals surface area (Å²) < 4.78 is 1.90. The third kappa shape index (κ3) is 2.68. The number of Topliss-reactive ketones (excluding diaryl/α,β-unsaturated/α-hetero) is 1. The molecular weight excluding hydrogens is 164 g/mol. The molecule has 0 amide bonds. The van der Waals surface area contributed by atoms with Gasteiger partial charge in [-0.3, -0.25) is 4.79 Å². The Morgan fingerprint density at radius 1 is 1.69 bits per heavy atom. The van der Waals surface area contributed by atoms with E-state index in [2.05, 4.69) is 4.98 Å². The zero-order valence-corrected chi connectivity index (χ0v) is 8.45. The molecule has 1 heterocycles. The highest BCUT2D eigenvalue weighted by Gasteiger charge is 2.13. The molecule has 3 heteroatoms. The molecule has 72 valence electrons. The zero-order chi connectivity index (χ0) is 9.84. The van der Waals surface area contributed by atoms with Crippen molar-refractivity contribution in [2.45, 2.75) is 26.7 Å². The van der Waals surface area contributed by atoms with Gasteiger partial charge in [-0.05, 0) is 13.3 Å². The van der Waals surface area contributed by atoms with E-state index in [9.17, 15) is 4.79 Å². The molecule has 0 aromatic carbocycles. The summed E-state index contributed by atoms with van der Waals surface area (Å²) in [6.07, 6.45) is 5.40. The van der Waals surface area contributed by atoms with E-state index < -0.39 is 0 Å². The van der Waals surface area contributed by atoms with Crippen LogP contribution in [0.5, 0.6) is 0 Å². The Hall–Kier alpha value is -1.12. The second kappa shape index (κ2) is 4.21. The van der Waals surface area contributed by atoms with Gasteiger partial charge in [0.15, 0.2) is 0 Å². The molecule has 0 fully saturated rings. The van der Waals surface area contributed by atoms with Crippen molar-refractivity contribution in [2.24, 2.45) is 13.0 Å². The van der Waals surface area contributed by atoms with Crippen LogP contribution in [0.25, 0.3) is 0 Å². The normalized spacial score (nSPS) is 12.8. The Balaban J connectivity index is 2.61. The summed E-state index contributed by atoms with van der Waals surface area (Å²) in [6, 6.07) is 0. The molecule has 0 aliphatic heterocycles. The van der Waals surface area contributed by atoms with Crippen LogP contribution < -0.4 is 0 Å². The summed E-state index contributed by atoms with van der Waals surface area (Å²) >= 11 is 0. The van der Waals surface area contributed by atoms with Crippen molar-refractivity contribution < 1.29 is 4.79 Å². The molecule has 1 atom stereocenters. The lowest BCUT2D eigenvalue weighted by Crippen LogP contribution is -2.12. The van der Waals surface area contributed by atoms with Crippen molar-refractivity contribution >= 4 is 5.78 Å². The minimum atomic E-state index is 0.134. The molecule has 1 rings (SSSR count). The standard InChI is InChI=1S/C10H16N2O/c1-4-9(8(2)13)5-10-6-12(3)7-11-10/h6-7,9H,4-5H2,1-3H3/t9-/m0/s1. The van der Waals surface area contributed by atoms with Crippen molar-refractivity contribution in [3.8, 4) is 0 Å². The van der Waals surface area contributed by atoms with Crippen LogP contribution in [0.15, 0.2) is 12.5 Å². The Bertz CT molecular complexity index is 291. The molecule has 0 unspecified atom stereocenters. The zero-order valence-electron chi connectivity index (χ0n) is 8.45. The van der Waals surface area contributed by atoms with E-state index in [4.69, 9.17) is 0 Å². The number of hydrogen-bond acceptors (Lipinski definition) is 2. The largest absolute Gasteiger partial charge is 0.340 e. The molecular formula is C10H16N2O. The average molecular weight is 180 g/mol. The van der Waals surface area contributed by atoms with E-state index in [1.54, 1.807) is 13.3 Å².